The van der Waals surface area contributed by atoms with Gasteiger partial charge in [-0.3, -0.25) is 19.2 Å². The van der Waals surface area contributed by atoms with E-state index in [9.17, 15) is 40.0 Å². The zero-order valence-electron chi connectivity index (χ0n) is 54.7. The van der Waals surface area contributed by atoms with E-state index in [4.69, 9.17) is 37.9 Å². The smallest absolute Gasteiger partial charge is 0.323 e. The van der Waals surface area contributed by atoms with Crippen LogP contribution in [0.25, 0.3) is 0 Å². The van der Waals surface area contributed by atoms with Crippen molar-refractivity contribution in [2.75, 3.05) is 65.9 Å². The normalized spacial score (nSPS) is 22.5. The summed E-state index contributed by atoms with van der Waals surface area (Å²) >= 11 is 0. The molecule has 4 rings (SSSR count). The Morgan fingerprint density at radius 3 is 0.833 bits per heavy atom. The van der Waals surface area contributed by atoms with E-state index in [1.165, 1.54) is 0 Å². The average molecular weight is 1200 g/mol. The van der Waals surface area contributed by atoms with Gasteiger partial charge in [0.05, 0.1) is 77.3 Å². The van der Waals surface area contributed by atoms with E-state index in [-0.39, 0.29) is 76.5 Å². The first kappa shape index (κ1) is 73.9. The van der Waals surface area contributed by atoms with Crippen LogP contribution in [0.3, 0.4) is 0 Å². The lowest BCUT2D eigenvalue weighted by Crippen LogP contribution is -2.59. The molecule has 0 N–H and O–H groups in total. The number of hydrogen-bond donors (Lipinski definition) is 0. The Labute approximate surface area is 505 Å². The van der Waals surface area contributed by atoms with Crippen LogP contribution in [0.4, 0.5) is 0 Å². The number of esters is 4. The monoisotopic (exact) mass is 1190 g/mol. The van der Waals surface area contributed by atoms with Crippen molar-refractivity contribution in [1.29, 1.82) is 0 Å². The number of unbranched alkanes of at least 4 members (excludes halogenated alkanes) is 5. The molecule has 486 valence electrons. The van der Waals surface area contributed by atoms with Crippen molar-refractivity contribution in [2.45, 2.75) is 309 Å². The highest BCUT2D eigenvalue weighted by Gasteiger charge is 2.52. The first-order chi connectivity index (χ1) is 39.3. The van der Waals surface area contributed by atoms with Gasteiger partial charge in [-0.15, -0.1) is 36.0 Å². The summed E-state index contributed by atoms with van der Waals surface area (Å²) < 4.78 is 48.6. The summed E-state index contributed by atoms with van der Waals surface area (Å²) in [5.41, 5.74) is -6.70. The molecule has 0 aliphatic carbocycles. The fourth-order valence-corrected chi connectivity index (χ4v) is 13.7. The second kappa shape index (κ2) is 33.3. The van der Waals surface area contributed by atoms with Crippen molar-refractivity contribution in [3.05, 3.63) is 0 Å². The molecule has 0 aromatic rings. The summed E-state index contributed by atoms with van der Waals surface area (Å²) in [7, 11) is 0. The fourth-order valence-electron chi connectivity index (χ4n) is 13.7. The molecule has 4 radical (unpaired) electrons. The van der Waals surface area contributed by atoms with E-state index in [1.807, 2.05) is 96.9 Å². The summed E-state index contributed by atoms with van der Waals surface area (Å²) in [5.74, 6) is -2.54. The Hall–Kier alpha value is -2.60. The summed E-state index contributed by atoms with van der Waals surface area (Å²) in [6, 6.07) is 0. The highest BCUT2D eigenvalue weighted by Crippen LogP contribution is 2.42. The van der Waals surface area contributed by atoms with Crippen LogP contribution in [-0.4, -0.2) is 168 Å². The zero-order valence-corrected chi connectivity index (χ0v) is 54.7. The van der Waals surface area contributed by atoms with E-state index < -0.39 is 67.9 Å². The number of hydrogen-bond acceptors (Lipinski definition) is 16. The van der Waals surface area contributed by atoms with Gasteiger partial charge >= 0.3 is 23.9 Å². The largest absolute Gasteiger partial charge is 0.465 e. The molecular weight excluding hydrogens is 1080 g/mol. The Morgan fingerprint density at radius 2 is 0.583 bits per heavy atom. The maximum absolute atomic E-state index is 14.5. The summed E-state index contributed by atoms with van der Waals surface area (Å²) in [5, 5.41) is 55.0. The van der Waals surface area contributed by atoms with Crippen LogP contribution < -0.4 is 0 Å². The number of ether oxygens (including phenoxy) is 8. The number of carbonyl (C=O) groups excluding carboxylic acids is 4. The third-order valence-corrected chi connectivity index (χ3v) is 18.0. The van der Waals surface area contributed by atoms with Crippen LogP contribution in [0.2, 0.25) is 0 Å². The van der Waals surface area contributed by atoms with Gasteiger partial charge in [-0.2, -0.15) is 5.06 Å². The van der Waals surface area contributed by atoms with Crippen molar-refractivity contribution >= 4 is 23.9 Å². The maximum atomic E-state index is 14.5. The minimum Gasteiger partial charge on any atom is -0.465 e. The molecule has 4 aliphatic heterocycles. The van der Waals surface area contributed by atoms with Gasteiger partial charge in [0, 0.05) is 72.0 Å². The molecule has 0 aromatic heterocycles. The van der Waals surface area contributed by atoms with Crippen LogP contribution in [-0.2, 0) is 77.9 Å². The number of rotatable bonds is 37. The standard InChI is InChI=1S/C64H114N4O16/c1-15-17-29-63(53(69)81-39-23-35-77-49-27-33-65(73)34-28-49,54(70)82-40-24-36-78-50-43-57(3,4)66(74)58(5,6)44-50)31-21-19-20-22-32-64(30-18-16-2,55(71)83-41-25-37-79-51-45-59(7,8)67(75)60(9,10)46-51)56(72)84-42-26-38-80-52-47-61(11,12)68(76)62(13,14)48-52/h49-52H,15-48H2,1-14H3. The first-order valence-electron chi connectivity index (χ1n) is 32.3. The minimum absolute atomic E-state index is 0.0292. The highest BCUT2D eigenvalue weighted by molar-refractivity contribution is 6.00. The number of carbonyl (C=O) groups is 4. The van der Waals surface area contributed by atoms with E-state index in [1.54, 1.807) is 0 Å². The molecule has 1 atom stereocenters. The fraction of sp³-hybridized carbons (Fsp3) is 0.938. The maximum Gasteiger partial charge on any atom is 0.323 e. The molecule has 4 heterocycles. The number of piperidine rings is 4. The topological polar surface area (TPSA) is 235 Å². The lowest BCUT2D eigenvalue weighted by molar-refractivity contribution is -0.301. The van der Waals surface area contributed by atoms with Gasteiger partial charge in [0.15, 0.2) is 10.8 Å². The molecule has 4 saturated heterocycles. The van der Waals surface area contributed by atoms with Crippen molar-refractivity contribution in [3.63, 3.8) is 0 Å². The molecule has 4 aliphatic rings. The SMILES string of the molecule is CCCCC(CCCCCCC(CCCC)(C(=O)OCCCOC1CC(C)(C)N([O])C(C)(C)C1)C(=O)OCCCOC1CC(C)(C)N([O])C(C)(C)C1)(C(=O)OCCCOC1CCN([O])CC1)C(=O)OCCCOC1CC(C)(C)N([O])C(C)(C)C1. The molecule has 20 heteroatoms. The lowest BCUT2D eigenvalue weighted by Gasteiger charge is -2.49. The second-order valence-electron chi connectivity index (χ2n) is 28.7. The van der Waals surface area contributed by atoms with E-state index >= 15 is 0 Å². The Kier molecular flexibility index (Phi) is 29.3. The van der Waals surface area contributed by atoms with Gasteiger partial charge in [0.25, 0.3) is 0 Å². The van der Waals surface area contributed by atoms with Crippen LogP contribution in [0.5, 0.6) is 0 Å². The summed E-state index contributed by atoms with van der Waals surface area (Å²) in [6.45, 7) is 29.3. The Bertz CT molecular complexity index is 1870. The molecule has 84 heavy (non-hydrogen) atoms. The predicted molar refractivity (Wildman–Crippen MR) is 314 cm³/mol. The van der Waals surface area contributed by atoms with E-state index in [0.29, 0.717) is 155 Å². The Morgan fingerprint density at radius 1 is 0.345 bits per heavy atom. The zero-order chi connectivity index (χ0) is 62.6. The summed E-state index contributed by atoms with van der Waals surface area (Å²) in [6.07, 6.45) is 11.4. The second-order valence-corrected chi connectivity index (χ2v) is 28.7. The molecule has 1 unspecified atom stereocenters. The van der Waals surface area contributed by atoms with Crippen LogP contribution in [0.15, 0.2) is 0 Å². The van der Waals surface area contributed by atoms with Crippen LogP contribution in [0, 0.1) is 10.8 Å². The van der Waals surface area contributed by atoms with Crippen molar-refractivity contribution < 1.29 is 77.9 Å². The predicted octanol–water partition coefficient (Wildman–Crippen LogP) is 11.4. The van der Waals surface area contributed by atoms with Crippen LogP contribution >= 0.6 is 0 Å². The molecule has 20 nitrogen and oxygen atoms in total. The summed E-state index contributed by atoms with van der Waals surface area (Å²) in [4.78, 5) is 57.9. The van der Waals surface area contributed by atoms with Gasteiger partial charge < -0.3 is 37.9 Å². The molecule has 0 amide bonds. The highest BCUT2D eigenvalue weighted by atomic mass is 16.6. The lowest BCUT2D eigenvalue weighted by atomic mass is 9.76. The van der Waals surface area contributed by atoms with Gasteiger partial charge in [-0.25, -0.2) is 0 Å². The molecular formula is C64H114N4O16. The van der Waals surface area contributed by atoms with Gasteiger partial charge in [0.1, 0.15) is 0 Å². The third kappa shape index (κ3) is 21.6. The molecule has 0 aromatic carbocycles. The number of hydroxylamine groups is 8. The molecule has 0 bridgehead atoms. The molecule has 0 spiro atoms. The van der Waals surface area contributed by atoms with Gasteiger partial charge in [-0.05, 0) is 160 Å². The van der Waals surface area contributed by atoms with Crippen molar-refractivity contribution in [1.82, 2.24) is 20.3 Å². The third-order valence-electron chi connectivity index (χ3n) is 18.0. The van der Waals surface area contributed by atoms with Gasteiger partial charge in [0.2, 0.25) is 0 Å². The quantitative estimate of drug-likeness (QED) is 0.0243. The minimum atomic E-state index is -1.58. The van der Waals surface area contributed by atoms with E-state index in [0.717, 1.165) is 33.1 Å². The molecule has 0 saturated carbocycles. The number of nitrogens with zero attached hydrogens (tertiary/aromatic N) is 4. The van der Waals surface area contributed by atoms with Crippen molar-refractivity contribution in [2.24, 2.45) is 10.8 Å². The van der Waals surface area contributed by atoms with Gasteiger partial charge in [-0.1, -0.05) is 65.2 Å². The van der Waals surface area contributed by atoms with Crippen LogP contribution in [0.1, 0.15) is 251 Å². The molecule has 4 fully saturated rings. The first-order valence-corrected chi connectivity index (χ1v) is 32.3. The van der Waals surface area contributed by atoms with Crippen molar-refractivity contribution in [3.8, 4) is 0 Å². The average Bonchev–Trinajstić information content (AvgIpc) is 3.58. The Balaban J connectivity index is 1.44. The van der Waals surface area contributed by atoms with E-state index in [2.05, 4.69) is 0 Å².